The molecule has 0 radical (unpaired) electrons. The molecule has 4 heterocycles. The van der Waals surface area contributed by atoms with Crippen molar-refractivity contribution in [2.45, 2.75) is 44.3 Å². The summed E-state index contributed by atoms with van der Waals surface area (Å²) in [5, 5.41) is 16.6. The zero-order valence-electron chi connectivity index (χ0n) is 23.5. The summed E-state index contributed by atoms with van der Waals surface area (Å²) >= 11 is 1.89. The molecule has 6 rings (SSSR count). The van der Waals surface area contributed by atoms with Gasteiger partial charge in [0.25, 0.3) is 0 Å². The van der Waals surface area contributed by atoms with Crippen molar-refractivity contribution in [1.29, 1.82) is 0 Å². The fourth-order valence-corrected chi connectivity index (χ4v) is 6.43. The van der Waals surface area contributed by atoms with Crippen LogP contribution in [0.15, 0.2) is 72.0 Å². The van der Waals surface area contributed by atoms with Crippen LogP contribution in [0.4, 0.5) is 11.4 Å². The first-order chi connectivity index (χ1) is 20.1. The third-order valence-electron chi connectivity index (χ3n) is 7.84. The molecule has 0 aliphatic carbocycles. The Kier molecular flexibility index (Phi) is 8.28. The van der Waals surface area contributed by atoms with Crippen LogP contribution in [0, 0.1) is 0 Å². The Morgan fingerprint density at radius 1 is 0.927 bits per heavy atom. The number of piperazine rings is 1. The summed E-state index contributed by atoms with van der Waals surface area (Å²) in [5.41, 5.74) is 3.12. The predicted molar refractivity (Wildman–Crippen MR) is 162 cm³/mol. The number of hydrogen-bond acceptors (Lipinski definition) is 9. The maximum absolute atomic E-state index is 12.7. The number of hydrogen-bond donors (Lipinski definition) is 1. The second-order valence-electron chi connectivity index (χ2n) is 10.6. The first-order valence-electron chi connectivity index (χ1n) is 14.3. The molecule has 0 saturated carbocycles. The Balaban J connectivity index is 0.970. The van der Waals surface area contributed by atoms with Gasteiger partial charge in [-0.2, -0.15) is 20.1 Å². The molecule has 0 bridgehead atoms. The number of anilines is 2. The van der Waals surface area contributed by atoms with Gasteiger partial charge >= 0.3 is 5.69 Å². The smallest absolute Gasteiger partial charge is 0.350 e. The summed E-state index contributed by atoms with van der Waals surface area (Å²) < 4.78 is 9.26. The van der Waals surface area contributed by atoms with Crippen LogP contribution in [0.25, 0.3) is 5.69 Å². The van der Waals surface area contributed by atoms with E-state index in [-0.39, 0.29) is 11.7 Å². The van der Waals surface area contributed by atoms with Gasteiger partial charge < -0.3 is 14.5 Å². The second kappa shape index (κ2) is 12.4. The average Bonchev–Trinajstić information content (AvgIpc) is 3.79. The van der Waals surface area contributed by atoms with E-state index in [2.05, 4.69) is 73.7 Å². The molecular weight excluding hydrogens is 538 g/mol. The van der Waals surface area contributed by atoms with Gasteiger partial charge in [0, 0.05) is 43.3 Å². The lowest BCUT2D eigenvalue weighted by atomic mass is 10.2. The lowest BCUT2D eigenvalue weighted by Gasteiger charge is -2.37. The standard InChI is InChI=1S/C29H37N9O2S/c1-3-22(2)38-29(39)36(21-32-38)26-6-4-24(5-7-26)34-14-16-35(17-15-34)25-8-10-27(11-9-25)40-19-23-20-41-28(33-23)18-37-30-12-13-31-37/h4-13,21-23,28,33H,3,14-20H2,1-2H3. The molecule has 2 saturated heterocycles. The third kappa shape index (κ3) is 6.28. The van der Waals surface area contributed by atoms with Gasteiger partial charge in [0.15, 0.2) is 0 Å². The third-order valence-corrected chi connectivity index (χ3v) is 9.13. The number of benzene rings is 2. The number of rotatable bonds is 10. The van der Waals surface area contributed by atoms with E-state index in [1.807, 2.05) is 30.8 Å². The number of nitrogens with one attached hydrogen (secondary N) is 1. The molecule has 2 aliphatic heterocycles. The van der Waals surface area contributed by atoms with Crippen molar-refractivity contribution in [3.63, 3.8) is 0 Å². The van der Waals surface area contributed by atoms with E-state index in [4.69, 9.17) is 4.74 Å². The van der Waals surface area contributed by atoms with Crippen LogP contribution in [0.5, 0.6) is 5.75 Å². The lowest BCUT2D eigenvalue weighted by Crippen LogP contribution is -2.46. The molecule has 4 aromatic rings. The minimum absolute atomic E-state index is 0.0848. The van der Waals surface area contributed by atoms with Gasteiger partial charge in [0.1, 0.15) is 18.7 Å². The summed E-state index contributed by atoms with van der Waals surface area (Å²) in [6.45, 7) is 9.22. The van der Waals surface area contributed by atoms with Gasteiger partial charge in [-0.1, -0.05) is 6.92 Å². The number of nitrogens with zero attached hydrogens (tertiary/aromatic N) is 8. The molecule has 12 heteroatoms. The molecular formula is C29H37N9O2S. The van der Waals surface area contributed by atoms with E-state index >= 15 is 0 Å². The fraction of sp³-hybridized carbons (Fsp3) is 0.448. The average molecular weight is 576 g/mol. The second-order valence-corrected chi connectivity index (χ2v) is 11.8. The maximum Gasteiger partial charge on any atom is 0.350 e. The first kappa shape index (κ1) is 27.4. The molecule has 0 spiro atoms. The van der Waals surface area contributed by atoms with Gasteiger partial charge in [-0.3, -0.25) is 5.32 Å². The molecule has 3 unspecified atom stereocenters. The fourth-order valence-electron chi connectivity index (χ4n) is 5.24. The van der Waals surface area contributed by atoms with E-state index in [0.29, 0.717) is 18.0 Å². The Morgan fingerprint density at radius 3 is 2.17 bits per heavy atom. The van der Waals surface area contributed by atoms with Crippen molar-refractivity contribution in [3.8, 4) is 11.4 Å². The van der Waals surface area contributed by atoms with E-state index in [0.717, 1.165) is 56.3 Å². The highest BCUT2D eigenvalue weighted by Gasteiger charge is 2.25. The van der Waals surface area contributed by atoms with E-state index < -0.39 is 0 Å². The Bertz CT molecular complexity index is 1440. The van der Waals surface area contributed by atoms with E-state index in [1.54, 1.807) is 32.8 Å². The minimum atomic E-state index is -0.0980. The van der Waals surface area contributed by atoms with Crippen LogP contribution in [-0.4, -0.2) is 79.3 Å². The van der Waals surface area contributed by atoms with E-state index in [1.165, 1.54) is 11.4 Å². The Morgan fingerprint density at radius 2 is 1.54 bits per heavy atom. The summed E-state index contributed by atoms with van der Waals surface area (Å²) in [4.78, 5) is 19.3. The highest BCUT2D eigenvalue weighted by molar-refractivity contribution is 8.00. The van der Waals surface area contributed by atoms with Crippen molar-refractivity contribution in [1.82, 2.24) is 34.7 Å². The molecule has 216 valence electrons. The molecule has 0 amide bonds. The quantitative estimate of drug-likeness (QED) is 0.306. The highest BCUT2D eigenvalue weighted by Crippen LogP contribution is 2.25. The topological polar surface area (TPSA) is 98.3 Å². The van der Waals surface area contributed by atoms with Gasteiger partial charge in [-0.25, -0.2) is 14.0 Å². The van der Waals surface area contributed by atoms with Gasteiger partial charge in [0.2, 0.25) is 0 Å². The van der Waals surface area contributed by atoms with Crippen LogP contribution in [-0.2, 0) is 6.54 Å². The summed E-state index contributed by atoms with van der Waals surface area (Å²) in [6.07, 6.45) is 5.89. The molecule has 2 aromatic heterocycles. The lowest BCUT2D eigenvalue weighted by molar-refractivity contribution is 0.275. The van der Waals surface area contributed by atoms with Gasteiger partial charge in [-0.05, 0) is 61.9 Å². The van der Waals surface area contributed by atoms with Crippen molar-refractivity contribution in [3.05, 3.63) is 77.7 Å². The SMILES string of the molecule is CCC(C)n1ncn(-c2ccc(N3CCN(c4ccc(OCC5CSC(Cn6nccn6)N5)cc4)CC3)cc2)c1=O. The summed E-state index contributed by atoms with van der Waals surface area (Å²) in [5.74, 6) is 1.91. The van der Waals surface area contributed by atoms with Crippen LogP contribution < -0.4 is 25.5 Å². The predicted octanol–water partition coefficient (Wildman–Crippen LogP) is 3.03. The summed E-state index contributed by atoms with van der Waals surface area (Å²) in [7, 11) is 0. The molecule has 2 aliphatic rings. The van der Waals surface area contributed by atoms with Crippen LogP contribution >= 0.6 is 11.8 Å². The molecule has 41 heavy (non-hydrogen) atoms. The van der Waals surface area contributed by atoms with Crippen LogP contribution in [0.1, 0.15) is 26.3 Å². The molecule has 2 aromatic carbocycles. The molecule has 1 N–H and O–H groups in total. The number of thioether (sulfide) groups is 1. The van der Waals surface area contributed by atoms with Gasteiger partial charge in [0.05, 0.1) is 42.1 Å². The zero-order valence-corrected chi connectivity index (χ0v) is 24.4. The van der Waals surface area contributed by atoms with Crippen molar-refractivity contribution >= 4 is 23.1 Å². The Labute approximate surface area is 244 Å². The number of ether oxygens (including phenoxy) is 1. The van der Waals surface area contributed by atoms with Crippen molar-refractivity contribution < 1.29 is 4.74 Å². The zero-order chi connectivity index (χ0) is 28.2. The number of aromatic nitrogens is 6. The largest absolute Gasteiger partial charge is 0.492 e. The maximum atomic E-state index is 12.7. The minimum Gasteiger partial charge on any atom is -0.492 e. The monoisotopic (exact) mass is 575 g/mol. The van der Waals surface area contributed by atoms with E-state index in [9.17, 15) is 4.79 Å². The Hall–Kier alpha value is -3.77. The highest BCUT2D eigenvalue weighted by atomic mass is 32.2. The van der Waals surface area contributed by atoms with Crippen LogP contribution in [0.2, 0.25) is 0 Å². The molecule has 3 atom stereocenters. The molecule has 11 nitrogen and oxygen atoms in total. The van der Waals surface area contributed by atoms with Crippen molar-refractivity contribution in [2.75, 3.05) is 48.3 Å². The normalized spacial score (nSPS) is 20.0. The van der Waals surface area contributed by atoms with Crippen molar-refractivity contribution in [2.24, 2.45) is 0 Å². The molecule has 2 fully saturated rings. The van der Waals surface area contributed by atoms with Gasteiger partial charge in [-0.15, -0.1) is 11.8 Å². The summed E-state index contributed by atoms with van der Waals surface area (Å²) in [6, 6.07) is 17.0. The first-order valence-corrected chi connectivity index (χ1v) is 15.3. The van der Waals surface area contributed by atoms with Crippen LogP contribution in [0.3, 0.4) is 0 Å².